The first kappa shape index (κ1) is 16.4. The van der Waals surface area contributed by atoms with E-state index in [-0.39, 0.29) is 22.9 Å². The molecular formula is C19H12ClFN2O3. The molecule has 26 heavy (non-hydrogen) atoms. The Morgan fingerprint density at radius 3 is 2.58 bits per heavy atom. The van der Waals surface area contributed by atoms with Crippen molar-refractivity contribution in [1.29, 1.82) is 0 Å². The topological polar surface area (TPSA) is 75.4 Å². The number of nitrogens with one attached hydrogen (secondary N) is 1. The number of aryl methyl sites for hydroxylation is 1. The average Bonchev–Trinajstić information content (AvgIpc) is 3.17. The average molecular weight is 371 g/mol. The van der Waals surface area contributed by atoms with E-state index in [2.05, 4.69) is 10.5 Å². The molecule has 1 amide bonds. The maximum absolute atomic E-state index is 13.2. The summed E-state index contributed by atoms with van der Waals surface area (Å²) in [7, 11) is 0. The minimum absolute atomic E-state index is 0.0659. The molecule has 0 aliphatic carbocycles. The second-order valence-electron chi connectivity index (χ2n) is 5.89. The molecule has 130 valence electrons. The third-order valence-corrected chi connectivity index (χ3v) is 4.42. The third-order valence-electron chi connectivity index (χ3n) is 4.11. The van der Waals surface area contributed by atoms with E-state index in [0.29, 0.717) is 33.1 Å². The fourth-order valence-corrected chi connectivity index (χ4v) is 3.15. The predicted octanol–water partition coefficient (Wildman–Crippen LogP) is 4.82. The van der Waals surface area contributed by atoms with Crippen molar-refractivity contribution in [3.8, 4) is 11.1 Å². The van der Waals surface area contributed by atoms with E-state index < -0.39 is 5.91 Å². The monoisotopic (exact) mass is 370 g/mol. The molecule has 7 heteroatoms. The van der Waals surface area contributed by atoms with E-state index in [0.717, 1.165) is 0 Å². The van der Waals surface area contributed by atoms with E-state index in [1.807, 2.05) is 0 Å². The van der Waals surface area contributed by atoms with Crippen LogP contribution < -0.4 is 5.32 Å². The Labute approximate surface area is 152 Å². The van der Waals surface area contributed by atoms with Crippen LogP contribution in [0.25, 0.3) is 22.5 Å². The summed E-state index contributed by atoms with van der Waals surface area (Å²) in [6.07, 6.45) is 0. The summed E-state index contributed by atoms with van der Waals surface area (Å²) >= 11 is 6.33. The quantitative estimate of drug-likeness (QED) is 0.501. The van der Waals surface area contributed by atoms with Gasteiger partial charge >= 0.3 is 0 Å². The van der Waals surface area contributed by atoms with Crippen LogP contribution in [0.15, 0.2) is 47.0 Å². The van der Waals surface area contributed by atoms with Crippen LogP contribution in [0.1, 0.15) is 17.0 Å². The van der Waals surface area contributed by atoms with Crippen LogP contribution in [0.3, 0.4) is 0 Å². The van der Waals surface area contributed by atoms with Gasteiger partial charge in [-0.25, -0.2) is 4.39 Å². The van der Waals surface area contributed by atoms with Gasteiger partial charge in [0.2, 0.25) is 5.76 Å². The Morgan fingerprint density at radius 1 is 1.19 bits per heavy atom. The van der Waals surface area contributed by atoms with Gasteiger partial charge in [0.15, 0.2) is 5.76 Å². The molecule has 2 N–H and O–H groups in total. The lowest BCUT2D eigenvalue weighted by atomic mass is 9.98. The molecule has 0 bridgehead atoms. The second kappa shape index (κ2) is 6.00. The molecule has 0 radical (unpaired) electrons. The Morgan fingerprint density at radius 2 is 1.92 bits per heavy atom. The van der Waals surface area contributed by atoms with Gasteiger partial charge in [0.1, 0.15) is 5.82 Å². The second-order valence-corrected chi connectivity index (χ2v) is 6.30. The van der Waals surface area contributed by atoms with Gasteiger partial charge in [0.05, 0.1) is 22.0 Å². The number of aromatic nitrogens is 1. The van der Waals surface area contributed by atoms with Gasteiger partial charge < -0.3 is 14.9 Å². The van der Waals surface area contributed by atoms with Gasteiger partial charge in [-0.2, -0.15) is 0 Å². The molecule has 0 fully saturated rings. The summed E-state index contributed by atoms with van der Waals surface area (Å²) in [6, 6.07) is 10.6. The fourth-order valence-electron chi connectivity index (χ4n) is 2.87. The molecule has 0 spiro atoms. The Bertz CT molecular complexity index is 1070. The lowest BCUT2D eigenvalue weighted by Gasteiger charge is -2.08. The summed E-state index contributed by atoms with van der Waals surface area (Å²) in [5.41, 5.74) is 2.90. The number of carbonyl (C=O) groups is 1. The zero-order valence-electron chi connectivity index (χ0n) is 13.5. The van der Waals surface area contributed by atoms with E-state index in [4.69, 9.17) is 16.1 Å². The minimum Gasteiger partial charge on any atom is -0.504 e. The van der Waals surface area contributed by atoms with Gasteiger partial charge in [-0.1, -0.05) is 28.9 Å². The van der Waals surface area contributed by atoms with Crippen LogP contribution in [0.4, 0.5) is 10.1 Å². The molecule has 2 heterocycles. The third kappa shape index (κ3) is 2.64. The molecule has 0 saturated carbocycles. The van der Waals surface area contributed by atoms with Crippen LogP contribution in [0.5, 0.6) is 0 Å². The first-order valence-corrected chi connectivity index (χ1v) is 8.10. The highest BCUT2D eigenvalue weighted by Gasteiger charge is 2.31. The van der Waals surface area contributed by atoms with Crippen molar-refractivity contribution in [2.24, 2.45) is 0 Å². The minimum atomic E-state index is -0.473. The zero-order valence-corrected chi connectivity index (χ0v) is 14.3. The van der Waals surface area contributed by atoms with Crippen molar-refractivity contribution in [1.82, 2.24) is 5.16 Å². The largest absolute Gasteiger partial charge is 0.504 e. The number of rotatable bonds is 2. The number of fused-ring (bicyclic) bond motifs is 1. The van der Waals surface area contributed by atoms with Gasteiger partial charge in [-0.3, -0.25) is 4.79 Å². The zero-order chi connectivity index (χ0) is 18.4. The van der Waals surface area contributed by atoms with Gasteiger partial charge in [0, 0.05) is 17.2 Å². The number of hydrogen-bond donors (Lipinski definition) is 2. The molecule has 1 aliphatic heterocycles. The molecule has 3 aromatic rings. The smallest absolute Gasteiger partial charge is 0.260 e. The van der Waals surface area contributed by atoms with Crippen molar-refractivity contribution >= 4 is 34.5 Å². The van der Waals surface area contributed by atoms with Crippen LogP contribution in [0, 0.1) is 12.7 Å². The number of hydrogen-bond acceptors (Lipinski definition) is 4. The van der Waals surface area contributed by atoms with Crippen LogP contribution in [-0.4, -0.2) is 16.2 Å². The molecule has 0 saturated heterocycles. The van der Waals surface area contributed by atoms with Crippen molar-refractivity contribution in [3.05, 3.63) is 70.3 Å². The van der Waals surface area contributed by atoms with E-state index in [1.54, 1.807) is 31.2 Å². The maximum Gasteiger partial charge on any atom is 0.260 e. The highest BCUT2D eigenvalue weighted by atomic mass is 35.5. The number of anilines is 1. The molecule has 1 aliphatic rings. The lowest BCUT2D eigenvalue weighted by molar-refractivity contribution is -0.110. The molecule has 5 nitrogen and oxygen atoms in total. The van der Waals surface area contributed by atoms with Crippen LogP contribution >= 0.6 is 11.6 Å². The van der Waals surface area contributed by atoms with Crippen molar-refractivity contribution in [2.45, 2.75) is 6.92 Å². The van der Waals surface area contributed by atoms with E-state index in [1.165, 1.54) is 18.2 Å². The van der Waals surface area contributed by atoms with E-state index >= 15 is 0 Å². The molecular weight excluding hydrogens is 359 g/mol. The van der Waals surface area contributed by atoms with Crippen LogP contribution in [-0.2, 0) is 4.79 Å². The van der Waals surface area contributed by atoms with Gasteiger partial charge in [-0.05, 0) is 36.8 Å². The van der Waals surface area contributed by atoms with Crippen molar-refractivity contribution in [2.75, 3.05) is 5.32 Å². The SMILES string of the molecule is Cc1cc(/C(O)=C2\C(=O)Nc3cc(Cl)c(-c4ccc(F)cc4)cc32)on1. The first-order chi connectivity index (χ1) is 12.4. The standard InChI is InChI=1S/C19H12ClFN2O3/c1-9-6-16(26-23-9)18(24)17-13-7-12(10-2-4-11(21)5-3-10)14(20)8-15(13)22-19(17)25/h2-8,24H,1H3,(H,22,25)/b18-17+. The lowest BCUT2D eigenvalue weighted by Crippen LogP contribution is -2.05. The number of benzene rings is 2. The maximum atomic E-state index is 13.2. The van der Waals surface area contributed by atoms with E-state index in [9.17, 15) is 14.3 Å². The first-order valence-electron chi connectivity index (χ1n) is 7.72. The van der Waals surface area contributed by atoms with Crippen LogP contribution in [0.2, 0.25) is 5.02 Å². The van der Waals surface area contributed by atoms with Crippen molar-refractivity contribution in [3.63, 3.8) is 0 Å². The summed E-state index contributed by atoms with van der Waals surface area (Å²) in [4.78, 5) is 12.4. The predicted molar refractivity (Wildman–Crippen MR) is 96.2 cm³/mol. The van der Waals surface area contributed by atoms with Crippen molar-refractivity contribution < 1.29 is 18.8 Å². The summed E-state index contributed by atoms with van der Waals surface area (Å²) < 4.78 is 18.2. The number of aliphatic hydroxyl groups excluding tert-OH is 1. The molecule has 4 rings (SSSR count). The number of amides is 1. The highest BCUT2D eigenvalue weighted by Crippen LogP contribution is 2.42. The Balaban J connectivity index is 1.90. The summed E-state index contributed by atoms with van der Waals surface area (Å²) in [6.45, 7) is 1.71. The molecule has 0 unspecified atom stereocenters. The highest BCUT2D eigenvalue weighted by molar-refractivity contribution is 6.38. The summed E-state index contributed by atoms with van der Waals surface area (Å²) in [5.74, 6) is -1.05. The molecule has 2 aromatic carbocycles. The van der Waals surface area contributed by atoms with Gasteiger partial charge in [-0.15, -0.1) is 0 Å². The number of carbonyl (C=O) groups excluding carboxylic acids is 1. The fraction of sp³-hybridized carbons (Fsp3) is 0.0526. The molecule has 0 atom stereocenters. The Kier molecular flexibility index (Phi) is 3.77. The number of nitrogens with zero attached hydrogens (tertiary/aromatic N) is 1. The van der Waals surface area contributed by atoms with Gasteiger partial charge in [0.25, 0.3) is 5.91 Å². The number of aliphatic hydroxyl groups is 1. The Hall–Kier alpha value is -3.12. The summed E-state index contributed by atoms with van der Waals surface area (Å²) in [5, 5.41) is 17.3. The molecule has 1 aromatic heterocycles. The number of halogens is 2. The normalized spacial score (nSPS) is 15.0.